The van der Waals surface area contributed by atoms with Gasteiger partial charge >= 0.3 is 0 Å². The van der Waals surface area contributed by atoms with E-state index in [1.807, 2.05) is 24.3 Å². The van der Waals surface area contributed by atoms with E-state index in [1.165, 1.54) is 202 Å². The molecular weight excluding hydrogens is 1440 g/mol. The van der Waals surface area contributed by atoms with Crippen molar-refractivity contribution in [2.75, 3.05) is 0 Å². The third kappa shape index (κ3) is 47.2. The van der Waals surface area contributed by atoms with Crippen molar-refractivity contribution < 1.29 is 0 Å². The molecule has 0 saturated heterocycles. The standard InChI is InChI=1S/C15H16.C13H12.C11H10.C11H16.2C9H12.4C8H10.C7H14.C7H8.C6H12/c1-13-7-9-15(10-8-13)12-11-14-5-3-2-4-6-14;1-11-7-9-13(10-8-11)12-5-3-2-4-6-12;1-9-6-7-10-4-2-3-5-11(10)8-9;1-9-5-7-10(8-6-9)11(2,3)4;1-7-4-8(2)6-9(3)5-7;1-7-4-5-8(2)9(3)6-7;1-7-3-5-8(2)6-4-7;1-7-4-3-5-8(2)6-7;2*1-7-5-3-4-6-8(7)2;2*1-7-5-3-2-4-6-7;1-6-4-2-3-5-6/h2-10H,11-12H2,1H3;2-10H,1H3;2-8H,1H3;5-8H,1-4H3;2*4-6H,1-3H3;4*3-6H,1-2H3;7H,2-6H2,1H3;2-6H,1H3;6H,2-5H2,1H3. The highest BCUT2D eigenvalue weighted by Crippen LogP contribution is 2.25. The molecule has 0 unspecified atom stereocenters. The van der Waals surface area contributed by atoms with Crippen LogP contribution in [0.5, 0.6) is 0 Å². The smallest absolute Gasteiger partial charge is 0.0132 e. The van der Waals surface area contributed by atoms with Crippen LogP contribution in [0.25, 0.3) is 21.9 Å². The molecule has 0 nitrogen and oxygen atoms in total. The van der Waals surface area contributed by atoms with E-state index in [0.717, 1.165) is 24.7 Å². The second kappa shape index (κ2) is 58.3. The number of hydrogen-bond donors (Lipinski definition) is 0. The predicted octanol–water partition coefficient (Wildman–Crippen LogP) is 35.1. The van der Waals surface area contributed by atoms with Gasteiger partial charge in [0, 0.05) is 0 Å². The zero-order valence-corrected chi connectivity index (χ0v) is 78.8. The molecule has 2 saturated carbocycles. The van der Waals surface area contributed by atoms with E-state index in [4.69, 9.17) is 0 Å². The molecule has 2 aliphatic rings. The van der Waals surface area contributed by atoms with Gasteiger partial charge in [-0.05, 0) is 234 Å². The van der Waals surface area contributed by atoms with Gasteiger partial charge in [-0.25, -0.2) is 0 Å². The Labute approximate surface area is 733 Å². The van der Waals surface area contributed by atoms with Crippen LogP contribution in [0.15, 0.2) is 340 Å². The normalized spacial score (nSPS) is 11.5. The van der Waals surface area contributed by atoms with Gasteiger partial charge in [-0.2, -0.15) is 0 Å². The van der Waals surface area contributed by atoms with Crippen molar-refractivity contribution in [1.82, 2.24) is 0 Å². The summed E-state index contributed by atoms with van der Waals surface area (Å²) < 4.78 is 0. The van der Waals surface area contributed by atoms with Gasteiger partial charge < -0.3 is 0 Å². The summed E-state index contributed by atoms with van der Waals surface area (Å²) in [5, 5.41) is 2.64. The summed E-state index contributed by atoms with van der Waals surface area (Å²) in [5.74, 6) is 2.08. The number of rotatable bonds is 4. The Hall–Kier alpha value is -10.7. The summed E-state index contributed by atoms with van der Waals surface area (Å²) in [6.07, 6.45) is 15.6. The van der Waals surface area contributed by atoms with Crippen LogP contribution < -0.4 is 0 Å². The molecule has 0 amide bonds. The van der Waals surface area contributed by atoms with Crippen molar-refractivity contribution in [1.29, 1.82) is 0 Å². The Bertz CT molecular complexity index is 4790. The zero-order valence-electron chi connectivity index (χ0n) is 78.8. The molecule has 632 valence electrons. The lowest BCUT2D eigenvalue weighted by atomic mass is 9.87. The molecule has 0 radical (unpaired) electrons. The second-order valence-electron chi connectivity index (χ2n) is 34.7. The fourth-order valence-corrected chi connectivity index (χ4v) is 13.3. The van der Waals surface area contributed by atoms with E-state index in [9.17, 15) is 0 Å². The van der Waals surface area contributed by atoms with Crippen LogP contribution in [0.2, 0.25) is 0 Å². The minimum atomic E-state index is 0.285. The lowest BCUT2D eigenvalue weighted by molar-refractivity contribution is 0.385. The van der Waals surface area contributed by atoms with E-state index in [1.54, 1.807) is 0 Å². The average Bonchev–Trinajstić information content (AvgIpc) is 0.989. The summed E-state index contributed by atoms with van der Waals surface area (Å²) in [6.45, 7) is 51.6. The first kappa shape index (κ1) is 102. The topological polar surface area (TPSA) is 0 Å². The maximum absolute atomic E-state index is 2.36. The molecular formula is C120H152. The second-order valence-corrected chi connectivity index (χ2v) is 34.7. The summed E-state index contributed by atoms with van der Waals surface area (Å²) in [6, 6.07) is 119. The molecule has 14 aromatic rings. The first-order valence-electron chi connectivity index (χ1n) is 44.3. The van der Waals surface area contributed by atoms with Crippen LogP contribution in [0.3, 0.4) is 0 Å². The molecule has 120 heavy (non-hydrogen) atoms. The number of hydrogen-bond acceptors (Lipinski definition) is 0. The van der Waals surface area contributed by atoms with Crippen molar-refractivity contribution >= 4 is 10.8 Å². The fraction of sp³-hybridized carbons (Fsp3) is 0.317. The van der Waals surface area contributed by atoms with Crippen LogP contribution in [-0.4, -0.2) is 0 Å². The minimum absolute atomic E-state index is 0.285. The van der Waals surface area contributed by atoms with Crippen molar-refractivity contribution in [2.45, 2.75) is 242 Å². The lowest BCUT2D eigenvalue weighted by Crippen LogP contribution is -2.10. The van der Waals surface area contributed by atoms with Crippen LogP contribution in [0.1, 0.15) is 215 Å². The molecule has 0 heterocycles. The van der Waals surface area contributed by atoms with Gasteiger partial charge in [0.25, 0.3) is 0 Å². The van der Waals surface area contributed by atoms with E-state index in [0.29, 0.717) is 0 Å². The highest BCUT2D eigenvalue weighted by Gasteiger charge is 2.12. The first-order valence-corrected chi connectivity index (χ1v) is 44.3. The third-order valence-electron chi connectivity index (χ3n) is 21.4. The van der Waals surface area contributed by atoms with Crippen LogP contribution >= 0.6 is 0 Å². The third-order valence-corrected chi connectivity index (χ3v) is 21.4. The molecule has 0 aromatic heterocycles. The maximum atomic E-state index is 2.36. The van der Waals surface area contributed by atoms with Gasteiger partial charge in [0.15, 0.2) is 0 Å². The molecule has 0 spiro atoms. The summed E-state index contributed by atoms with van der Waals surface area (Å²) in [7, 11) is 0. The summed E-state index contributed by atoms with van der Waals surface area (Å²) in [5.41, 5.74) is 32.7. The number of fused-ring (bicyclic) bond motifs is 1. The van der Waals surface area contributed by atoms with Gasteiger partial charge in [-0.1, -0.05) is 504 Å². The minimum Gasteiger partial charge on any atom is -0.0625 e. The fourth-order valence-electron chi connectivity index (χ4n) is 13.3. The van der Waals surface area contributed by atoms with Gasteiger partial charge in [0.05, 0.1) is 0 Å². The Morgan fingerprint density at radius 2 is 0.475 bits per heavy atom. The van der Waals surface area contributed by atoms with E-state index >= 15 is 0 Å². The van der Waals surface area contributed by atoms with Crippen LogP contribution in [0, 0.1) is 143 Å². The highest BCUT2D eigenvalue weighted by atomic mass is 14.2. The Kier molecular flexibility index (Phi) is 49.4. The molecule has 0 heteroatoms. The SMILES string of the molecule is CC1CCCC1.CC1CCCCC1.Cc1cc(C)cc(C)c1.Cc1ccc(-c2ccccc2)cc1.Cc1ccc(C(C)(C)C)cc1.Cc1ccc(C)c(C)c1.Cc1ccc(C)cc1.Cc1ccc(CCc2ccccc2)cc1.Cc1ccc2ccccc2c1.Cc1cccc(C)c1.Cc1ccccc1.Cc1ccccc1C.Cc1ccccc1C. The Morgan fingerprint density at radius 3 is 0.817 bits per heavy atom. The molecule has 2 aliphatic carbocycles. The lowest BCUT2D eigenvalue weighted by Gasteiger charge is -2.18. The summed E-state index contributed by atoms with van der Waals surface area (Å²) in [4.78, 5) is 0. The molecule has 14 aromatic carbocycles. The van der Waals surface area contributed by atoms with Gasteiger partial charge in [0.2, 0.25) is 0 Å². The molecule has 2 fully saturated rings. The van der Waals surface area contributed by atoms with Gasteiger partial charge in [-0.3, -0.25) is 0 Å². The Balaban J connectivity index is 0.000000275. The molecule has 0 aliphatic heterocycles. The van der Waals surface area contributed by atoms with Crippen molar-refractivity contribution in [2.24, 2.45) is 11.8 Å². The van der Waals surface area contributed by atoms with E-state index in [2.05, 4.69) is 482 Å². The predicted molar refractivity (Wildman–Crippen MR) is 536 cm³/mol. The quantitative estimate of drug-likeness (QED) is 0.165. The van der Waals surface area contributed by atoms with Crippen molar-refractivity contribution in [3.8, 4) is 11.1 Å². The van der Waals surface area contributed by atoms with Gasteiger partial charge in [-0.15, -0.1) is 0 Å². The molecule has 0 N–H and O–H groups in total. The van der Waals surface area contributed by atoms with Crippen molar-refractivity contribution in [3.05, 3.63) is 462 Å². The molecule has 16 rings (SSSR count). The molecule has 0 atom stereocenters. The monoisotopic (exact) mass is 1590 g/mol. The highest BCUT2D eigenvalue weighted by molar-refractivity contribution is 5.83. The van der Waals surface area contributed by atoms with E-state index in [-0.39, 0.29) is 5.41 Å². The average molecular weight is 1590 g/mol. The zero-order chi connectivity index (χ0) is 88.0. The largest absolute Gasteiger partial charge is 0.0625 e. The molecule has 0 bridgehead atoms. The van der Waals surface area contributed by atoms with E-state index < -0.39 is 0 Å². The first-order chi connectivity index (χ1) is 57.3. The maximum Gasteiger partial charge on any atom is -0.0132 e. The number of aryl methyl sites for hydroxylation is 21. The van der Waals surface area contributed by atoms with Crippen LogP contribution in [-0.2, 0) is 18.3 Å². The van der Waals surface area contributed by atoms with Crippen molar-refractivity contribution in [3.63, 3.8) is 0 Å². The Morgan fingerprint density at radius 1 is 0.200 bits per heavy atom. The van der Waals surface area contributed by atoms with Gasteiger partial charge in [0.1, 0.15) is 0 Å². The van der Waals surface area contributed by atoms with Crippen LogP contribution in [0.4, 0.5) is 0 Å². The summed E-state index contributed by atoms with van der Waals surface area (Å²) >= 11 is 0. The number of benzene rings is 14.